The summed E-state index contributed by atoms with van der Waals surface area (Å²) in [6.45, 7) is 6.92. The third-order valence-corrected chi connectivity index (χ3v) is 5.56. The number of ether oxygens (including phenoxy) is 1. The van der Waals surface area contributed by atoms with Crippen molar-refractivity contribution in [2.45, 2.75) is 45.4 Å². The lowest BCUT2D eigenvalue weighted by Gasteiger charge is -2.24. The van der Waals surface area contributed by atoms with Crippen molar-refractivity contribution in [2.75, 3.05) is 18.4 Å². The number of halogens is 2. The first-order valence-corrected chi connectivity index (χ1v) is 10.7. The van der Waals surface area contributed by atoms with Gasteiger partial charge in [-0.1, -0.05) is 29.8 Å². The van der Waals surface area contributed by atoms with Gasteiger partial charge in [-0.15, -0.1) is 0 Å². The summed E-state index contributed by atoms with van der Waals surface area (Å²) in [6, 6.07) is 12.4. The van der Waals surface area contributed by atoms with Gasteiger partial charge in [0, 0.05) is 29.7 Å². The summed E-state index contributed by atoms with van der Waals surface area (Å²) in [5.41, 5.74) is 1.57. The largest absolute Gasteiger partial charge is 0.444 e. The molecular weight excluding hydrogens is 419 g/mol. The highest BCUT2D eigenvalue weighted by molar-refractivity contribution is 6.31. The molecule has 164 valence electrons. The first-order valence-electron chi connectivity index (χ1n) is 10.3. The van der Waals surface area contributed by atoms with Crippen molar-refractivity contribution in [3.63, 3.8) is 0 Å². The van der Waals surface area contributed by atoms with Crippen LogP contribution in [0.15, 0.2) is 42.5 Å². The van der Waals surface area contributed by atoms with E-state index in [1.807, 2.05) is 49.6 Å². The zero-order valence-corrected chi connectivity index (χ0v) is 18.6. The summed E-state index contributed by atoms with van der Waals surface area (Å²) < 4.78 is 21.9. The molecule has 1 atom stereocenters. The van der Waals surface area contributed by atoms with Gasteiger partial charge in [-0.3, -0.25) is 0 Å². The number of amides is 1. The highest BCUT2D eigenvalue weighted by atomic mass is 35.5. The predicted molar refractivity (Wildman–Crippen MR) is 120 cm³/mol. The lowest BCUT2D eigenvalue weighted by atomic mass is 10.2. The van der Waals surface area contributed by atoms with E-state index in [9.17, 15) is 9.18 Å². The van der Waals surface area contributed by atoms with Crippen LogP contribution in [0.1, 0.15) is 32.8 Å². The van der Waals surface area contributed by atoms with Crippen LogP contribution in [0.2, 0.25) is 5.02 Å². The number of nitrogens with one attached hydrogen (secondary N) is 1. The average molecular weight is 445 g/mol. The minimum Gasteiger partial charge on any atom is -0.444 e. The number of hydrogen-bond donors (Lipinski definition) is 1. The molecule has 6 nitrogen and oxygen atoms in total. The molecule has 2 aromatic carbocycles. The Morgan fingerprint density at radius 2 is 2.03 bits per heavy atom. The van der Waals surface area contributed by atoms with E-state index in [1.54, 1.807) is 17.0 Å². The molecular formula is C23H26ClFN4O2. The molecule has 8 heteroatoms. The van der Waals surface area contributed by atoms with E-state index in [-0.39, 0.29) is 24.5 Å². The van der Waals surface area contributed by atoms with Gasteiger partial charge in [0.25, 0.3) is 0 Å². The van der Waals surface area contributed by atoms with Crippen LogP contribution in [0.4, 0.5) is 15.1 Å². The van der Waals surface area contributed by atoms with Gasteiger partial charge in [0.2, 0.25) is 5.95 Å². The molecule has 31 heavy (non-hydrogen) atoms. The molecule has 4 rings (SSSR count). The van der Waals surface area contributed by atoms with Crippen molar-refractivity contribution < 1.29 is 13.9 Å². The summed E-state index contributed by atoms with van der Waals surface area (Å²) in [5, 5.41) is 3.82. The highest BCUT2D eigenvalue weighted by Gasteiger charge is 2.30. The minimum atomic E-state index is -0.532. The number of rotatable bonds is 4. The third-order valence-electron chi connectivity index (χ3n) is 5.21. The molecule has 1 amide bonds. The number of anilines is 1. The van der Waals surface area contributed by atoms with Gasteiger partial charge in [-0.25, -0.2) is 14.2 Å². The Hall–Kier alpha value is -2.80. The highest BCUT2D eigenvalue weighted by Crippen LogP contribution is 2.27. The Labute approximate surface area is 186 Å². The number of fused-ring (bicyclic) bond motifs is 1. The maximum absolute atomic E-state index is 14.5. The summed E-state index contributed by atoms with van der Waals surface area (Å²) in [6.07, 6.45) is 0.451. The fraction of sp³-hybridized carbons (Fsp3) is 0.391. The second-order valence-electron chi connectivity index (χ2n) is 8.77. The summed E-state index contributed by atoms with van der Waals surface area (Å²) in [4.78, 5) is 18.8. The van der Waals surface area contributed by atoms with E-state index < -0.39 is 5.60 Å². The van der Waals surface area contributed by atoms with E-state index in [1.165, 1.54) is 6.07 Å². The van der Waals surface area contributed by atoms with Gasteiger partial charge in [0.05, 0.1) is 17.6 Å². The van der Waals surface area contributed by atoms with Crippen LogP contribution in [0.3, 0.4) is 0 Å². The molecule has 2 heterocycles. The Morgan fingerprint density at radius 1 is 1.26 bits per heavy atom. The van der Waals surface area contributed by atoms with E-state index in [2.05, 4.69) is 5.32 Å². The molecule has 1 unspecified atom stereocenters. The van der Waals surface area contributed by atoms with Gasteiger partial charge in [0.1, 0.15) is 11.4 Å². The van der Waals surface area contributed by atoms with E-state index in [0.29, 0.717) is 29.6 Å². The molecule has 0 spiro atoms. The fourth-order valence-corrected chi connectivity index (χ4v) is 3.96. The number of para-hydroxylation sites is 2. The topological polar surface area (TPSA) is 59.4 Å². The van der Waals surface area contributed by atoms with E-state index in [4.69, 9.17) is 21.3 Å². The van der Waals surface area contributed by atoms with Crippen LogP contribution in [-0.4, -0.2) is 45.3 Å². The minimum absolute atomic E-state index is 0.0131. The summed E-state index contributed by atoms with van der Waals surface area (Å²) in [7, 11) is 0. The zero-order valence-electron chi connectivity index (χ0n) is 17.9. The Bertz CT molecular complexity index is 1090. The zero-order chi connectivity index (χ0) is 22.2. The molecule has 3 aromatic rings. The van der Waals surface area contributed by atoms with Gasteiger partial charge in [0.15, 0.2) is 0 Å². The number of carbonyl (C=O) groups excluding carboxylic acids is 1. The Balaban J connectivity index is 1.57. The smallest absolute Gasteiger partial charge is 0.410 e. The standard InChI is InChI=1S/C23H26ClFN4O2/c1-23(2,3)31-22(30)28-12-11-15(13-28)26-21-27-19-9-4-5-10-20(19)29(21)14-16-17(24)7-6-8-18(16)25/h4-10,15H,11-14H2,1-3H3,(H,26,27). The Morgan fingerprint density at radius 3 is 2.77 bits per heavy atom. The summed E-state index contributed by atoms with van der Waals surface area (Å²) >= 11 is 6.27. The van der Waals surface area contributed by atoms with Crippen molar-refractivity contribution in [1.82, 2.24) is 14.5 Å². The lowest BCUT2D eigenvalue weighted by molar-refractivity contribution is 0.0293. The molecule has 1 fully saturated rings. The number of benzene rings is 2. The molecule has 0 saturated carbocycles. The lowest BCUT2D eigenvalue weighted by Crippen LogP contribution is -2.36. The monoisotopic (exact) mass is 444 g/mol. The maximum Gasteiger partial charge on any atom is 0.410 e. The second kappa shape index (κ2) is 8.38. The average Bonchev–Trinajstić information content (AvgIpc) is 3.29. The number of hydrogen-bond acceptors (Lipinski definition) is 4. The molecule has 0 bridgehead atoms. The van der Waals surface area contributed by atoms with Crippen LogP contribution in [0.5, 0.6) is 0 Å². The van der Waals surface area contributed by atoms with Gasteiger partial charge in [-0.2, -0.15) is 0 Å². The predicted octanol–water partition coefficient (Wildman–Crippen LogP) is 5.30. The van der Waals surface area contributed by atoms with Crippen LogP contribution < -0.4 is 5.32 Å². The number of nitrogens with zero attached hydrogens (tertiary/aromatic N) is 3. The van der Waals surface area contributed by atoms with E-state index in [0.717, 1.165) is 17.5 Å². The number of likely N-dealkylation sites (tertiary alicyclic amines) is 1. The quantitative estimate of drug-likeness (QED) is 0.593. The van der Waals surface area contributed by atoms with Crippen molar-refractivity contribution in [3.8, 4) is 0 Å². The van der Waals surface area contributed by atoms with Crippen molar-refractivity contribution in [2.24, 2.45) is 0 Å². The second-order valence-corrected chi connectivity index (χ2v) is 9.17. The Kier molecular flexibility index (Phi) is 5.79. The van der Waals surface area contributed by atoms with Crippen LogP contribution in [0, 0.1) is 5.82 Å². The van der Waals surface area contributed by atoms with Crippen molar-refractivity contribution in [1.29, 1.82) is 0 Å². The number of carbonyl (C=O) groups is 1. The van der Waals surface area contributed by atoms with Gasteiger partial charge >= 0.3 is 6.09 Å². The van der Waals surface area contributed by atoms with E-state index >= 15 is 0 Å². The third kappa shape index (κ3) is 4.77. The van der Waals surface area contributed by atoms with Crippen molar-refractivity contribution >= 4 is 34.7 Å². The number of aromatic nitrogens is 2. The molecule has 1 aliphatic heterocycles. The molecule has 0 radical (unpaired) electrons. The molecule has 1 saturated heterocycles. The molecule has 1 aliphatic rings. The molecule has 1 N–H and O–H groups in total. The maximum atomic E-state index is 14.5. The first-order chi connectivity index (χ1) is 14.7. The van der Waals surface area contributed by atoms with Crippen LogP contribution in [0.25, 0.3) is 11.0 Å². The number of imidazole rings is 1. The molecule has 1 aromatic heterocycles. The van der Waals surface area contributed by atoms with Gasteiger partial charge < -0.3 is 19.5 Å². The van der Waals surface area contributed by atoms with Crippen LogP contribution in [-0.2, 0) is 11.3 Å². The molecule has 0 aliphatic carbocycles. The first kappa shape index (κ1) is 21.4. The van der Waals surface area contributed by atoms with Crippen LogP contribution >= 0.6 is 11.6 Å². The fourth-order valence-electron chi connectivity index (χ4n) is 3.74. The summed E-state index contributed by atoms with van der Waals surface area (Å²) in [5.74, 6) is 0.268. The SMILES string of the molecule is CC(C)(C)OC(=O)N1CCC(Nc2nc3ccccc3n2Cc2c(F)cccc2Cl)C1. The van der Waals surface area contributed by atoms with Crippen molar-refractivity contribution in [3.05, 3.63) is 58.9 Å². The van der Waals surface area contributed by atoms with Gasteiger partial charge in [-0.05, 0) is 51.5 Å². The normalized spacial score (nSPS) is 16.7.